The van der Waals surface area contributed by atoms with Gasteiger partial charge in [-0.05, 0) is 32.1 Å². The maximum atomic E-state index is 10.0. The maximum Gasteiger partial charge on any atom is 0.168 e. The predicted octanol–water partition coefficient (Wildman–Crippen LogP) is 1.01. The highest BCUT2D eigenvalue weighted by Crippen LogP contribution is 2.34. The van der Waals surface area contributed by atoms with Crippen LogP contribution in [0.15, 0.2) is 0 Å². The van der Waals surface area contributed by atoms with Crippen molar-refractivity contribution in [3.8, 4) is 6.07 Å². The van der Waals surface area contributed by atoms with E-state index in [1.165, 1.54) is 0 Å². The summed E-state index contributed by atoms with van der Waals surface area (Å²) in [5.74, 6) is 0.874. The van der Waals surface area contributed by atoms with E-state index in [-0.39, 0.29) is 12.1 Å². The molecule has 7 nitrogen and oxygen atoms in total. The van der Waals surface area contributed by atoms with Crippen LogP contribution in [0.5, 0.6) is 0 Å². The Hall–Kier alpha value is -1.78. The van der Waals surface area contributed by atoms with Gasteiger partial charge in [0.15, 0.2) is 5.82 Å². The number of nitriles is 1. The van der Waals surface area contributed by atoms with Crippen LogP contribution in [0.2, 0.25) is 0 Å². The smallest absolute Gasteiger partial charge is 0.168 e. The van der Waals surface area contributed by atoms with Crippen LogP contribution in [0.25, 0.3) is 0 Å². The van der Waals surface area contributed by atoms with Gasteiger partial charge in [0, 0.05) is 19.3 Å². The van der Waals surface area contributed by atoms with Crippen molar-refractivity contribution in [3.05, 3.63) is 5.56 Å². The van der Waals surface area contributed by atoms with E-state index < -0.39 is 6.10 Å². The second-order valence-electron chi connectivity index (χ2n) is 5.76. The minimum Gasteiger partial charge on any atom is -0.391 e. The quantitative estimate of drug-likeness (QED) is 0.767. The number of anilines is 2. The number of nitrogens with two attached hydrogens (primary N) is 1. The molecule has 7 heteroatoms. The molecule has 0 bridgehead atoms. The first-order valence-corrected chi connectivity index (χ1v) is 7.51. The van der Waals surface area contributed by atoms with Crippen molar-refractivity contribution < 1.29 is 9.84 Å². The molecule has 0 amide bonds. The molecule has 2 aliphatic rings. The summed E-state index contributed by atoms with van der Waals surface area (Å²) in [4.78, 5) is 0. The number of nitrogens with one attached hydrogen (secondary N) is 1. The van der Waals surface area contributed by atoms with Gasteiger partial charge in [0.1, 0.15) is 17.5 Å². The SMILES string of the molecule is N#Cc1c(NC2CCOCC2)nn(C2CCCC2O)c1N. The van der Waals surface area contributed by atoms with Gasteiger partial charge in [0.05, 0.1) is 12.1 Å². The van der Waals surface area contributed by atoms with Gasteiger partial charge in [-0.25, -0.2) is 4.68 Å². The Kier molecular flexibility index (Phi) is 3.99. The molecule has 2 fully saturated rings. The summed E-state index contributed by atoms with van der Waals surface area (Å²) in [6, 6.07) is 2.26. The number of nitrogens with zero attached hydrogens (tertiary/aromatic N) is 3. The predicted molar refractivity (Wildman–Crippen MR) is 77.7 cm³/mol. The van der Waals surface area contributed by atoms with Crippen molar-refractivity contribution in [3.63, 3.8) is 0 Å². The molecule has 1 aliphatic heterocycles. The molecular weight excluding hydrogens is 270 g/mol. The number of nitrogen functional groups attached to an aromatic ring is 1. The van der Waals surface area contributed by atoms with Gasteiger partial charge >= 0.3 is 0 Å². The number of hydrogen-bond donors (Lipinski definition) is 3. The first-order valence-electron chi connectivity index (χ1n) is 7.51. The van der Waals surface area contributed by atoms with Crippen molar-refractivity contribution >= 4 is 11.6 Å². The Balaban J connectivity index is 1.84. The molecule has 1 aliphatic carbocycles. The summed E-state index contributed by atoms with van der Waals surface area (Å²) in [5.41, 5.74) is 6.44. The zero-order valence-corrected chi connectivity index (χ0v) is 12.0. The normalized spacial score (nSPS) is 26.7. The molecule has 1 saturated heterocycles. The lowest BCUT2D eigenvalue weighted by Gasteiger charge is -2.23. The van der Waals surface area contributed by atoms with Gasteiger partial charge in [-0.3, -0.25) is 0 Å². The number of rotatable bonds is 3. The van der Waals surface area contributed by atoms with Crippen LogP contribution >= 0.6 is 0 Å². The Morgan fingerprint density at radius 2 is 2.10 bits per heavy atom. The lowest BCUT2D eigenvalue weighted by atomic mass is 10.1. The van der Waals surface area contributed by atoms with E-state index in [9.17, 15) is 10.4 Å². The number of aliphatic hydroxyl groups excluding tert-OH is 1. The number of ether oxygens (including phenoxy) is 1. The summed E-state index contributed by atoms with van der Waals surface area (Å²) in [7, 11) is 0. The average molecular weight is 291 g/mol. The van der Waals surface area contributed by atoms with E-state index in [0.29, 0.717) is 17.2 Å². The molecule has 1 saturated carbocycles. The highest BCUT2D eigenvalue weighted by Gasteiger charge is 2.31. The van der Waals surface area contributed by atoms with Crippen molar-refractivity contribution in [2.24, 2.45) is 0 Å². The van der Waals surface area contributed by atoms with E-state index in [4.69, 9.17) is 10.5 Å². The topological polar surface area (TPSA) is 109 Å². The largest absolute Gasteiger partial charge is 0.391 e. The van der Waals surface area contributed by atoms with Gasteiger partial charge in [-0.1, -0.05) is 0 Å². The van der Waals surface area contributed by atoms with Crippen LogP contribution in [0.4, 0.5) is 11.6 Å². The van der Waals surface area contributed by atoms with E-state index in [2.05, 4.69) is 16.5 Å². The molecule has 2 heterocycles. The number of aliphatic hydroxyl groups is 1. The van der Waals surface area contributed by atoms with Gasteiger partial charge < -0.3 is 20.9 Å². The van der Waals surface area contributed by atoms with Crippen LogP contribution in [0, 0.1) is 11.3 Å². The fourth-order valence-electron chi connectivity index (χ4n) is 3.15. The van der Waals surface area contributed by atoms with Gasteiger partial charge in [0.2, 0.25) is 0 Å². The Morgan fingerprint density at radius 1 is 1.33 bits per heavy atom. The Morgan fingerprint density at radius 3 is 2.71 bits per heavy atom. The minimum absolute atomic E-state index is 0.123. The standard InChI is InChI=1S/C14H21N5O2/c15-8-10-13(16)19(11-2-1-3-12(11)20)18-14(10)17-9-4-6-21-7-5-9/h9,11-12,20H,1-7,16H2,(H,17,18). The molecule has 21 heavy (non-hydrogen) atoms. The fraction of sp³-hybridized carbons (Fsp3) is 0.714. The van der Waals surface area contributed by atoms with Crippen LogP contribution in [-0.2, 0) is 4.74 Å². The Bertz CT molecular complexity index is 544. The second kappa shape index (κ2) is 5.92. The van der Waals surface area contributed by atoms with E-state index in [1.54, 1.807) is 4.68 Å². The third-order valence-corrected chi connectivity index (χ3v) is 4.38. The second-order valence-corrected chi connectivity index (χ2v) is 5.76. The minimum atomic E-state index is -0.435. The van der Waals surface area contributed by atoms with Crippen molar-refractivity contribution in [1.29, 1.82) is 5.26 Å². The third-order valence-electron chi connectivity index (χ3n) is 4.38. The molecule has 2 unspecified atom stereocenters. The monoisotopic (exact) mass is 291 g/mol. The van der Waals surface area contributed by atoms with Gasteiger partial charge in [-0.2, -0.15) is 10.4 Å². The molecule has 3 rings (SSSR count). The molecule has 4 N–H and O–H groups in total. The van der Waals surface area contributed by atoms with Crippen LogP contribution in [-0.4, -0.2) is 40.2 Å². The fourth-order valence-corrected chi connectivity index (χ4v) is 3.15. The maximum absolute atomic E-state index is 10.0. The molecule has 1 aromatic rings. The van der Waals surface area contributed by atoms with Crippen molar-refractivity contribution in [1.82, 2.24) is 9.78 Å². The number of hydrogen-bond acceptors (Lipinski definition) is 6. The third kappa shape index (κ3) is 2.69. The summed E-state index contributed by atoms with van der Waals surface area (Å²) in [5, 5.41) is 27.1. The van der Waals surface area contributed by atoms with Crippen molar-refractivity contribution in [2.75, 3.05) is 24.3 Å². The lowest BCUT2D eigenvalue weighted by Crippen LogP contribution is -2.28. The summed E-state index contributed by atoms with van der Waals surface area (Å²) < 4.78 is 6.95. The Labute approximate surface area is 123 Å². The molecule has 114 valence electrons. The summed E-state index contributed by atoms with van der Waals surface area (Å²) in [6.45, 7) is 1.44. The van der Waals surface area contributed by atoms with E-state index >= 15 is 0 Å². The molecule has 2 atom stereocenters. The van der Waals surface area contributed by atoms with Crippen LogP contribution < -0.4 is 11.1 Å². The van der Waals surface area contributed by atoms with Crippen molar-refractivity contribution in [2.45, 2.75) is 50.3 Å². The average Bonchev–Trinajstić information content (AvgIpc) is 3.04. The highest BCUT2D eigenvalue weighted by molar-refractivity contribution is 5.64. The van der Waals surface area contributed by atoms with E-state index in [0.717, 1.165) is 45.3 Å². The summed E-state index contributed by atoms with van der Waals surface area (Å²) in [6.07, 6.45) is 3.90. The molecule has 0 aromatic carbocycles. The zero-order chi connectivity index (χ0) is 14.8. The molecule has 0 radical (unpaired) electrons. The first-order chi connectivity index (χ1) is 10.2. The van der Waals surface area contributed by atoms with Gasteiger partial charge in [-0.15, -0.1) is 0 Å². The summed E-state index contributed by atoms with van der Waals surface area (Å²) >= 11 is 0. The highest BCUT2D eigenvalue weighted by atomic mass is 16.5. The lowest BCUT2D eigenvalue weighted by molar-refractivity contribution is 0.0903. The molecular formula is C14H21N5O2. The zero-order valence-electron chi connectivity index (χ0n) is 12.0. The number of aromatic nitrogens is 2. The van der Waals surface area contributed by atoms with Gasteiger partial charge in [0.25, 0.3) is 0 Å². The molecule has 0 spiro atoms. The molecule has 1 aromatic heterocycles. The van der Waals surface area contributed by atoms with Crippen LogP contribution in [0.1, 0.15) is 43.7 Å². The van der Waals surface area contributed by atoms with Crippen LogP contribution in [0.3, 0.4) is 0 Å². The first kappa shape index (κ1) is 14.2. The van der Waals surface area contributed by atoms with E-state index in [1.807, 2.05) is 0 Å².